The van der Waals surface area contributed by atoms with E-state index in [4.69, 9.17) is 14.7 Å². The monoisotopic (exact) mass is 270 g/mol. The number of ether oxygens (including phenoxy) is 2. The van der Waals surface area contributed by atoms with Crippen molar-refractivity contribution in [3.8, 4) is 23.4 Å². The maximum Gasteiger partial charge on any atom is 0.225 e. The first-order valence-corrected chi connectivity index (χ1v) is 6.09. The molecule has 0 saturated carbocycles. The second-order valence-electron chi connectivity index (χ2n) is 3.86. The van der Waals surface area contributed by atoms with Gasteiger partial charge in [0.15, 0.2) is 0 Å². The largest absolute Gasteiger partial charge is 0.497 e. The number of methoxy groups -OCH3 is 1. The smallest absolute Gasteiger partial charge is 0.225 e. The minimum absolute atomic E-state index is 0.396. The Morgan fingerprint density at radius 2 is 2.10 bits per heavy atom. The van der Waals surface area contributed by atoms with Gasteiger partial charge in [-0.3, -0.25) is 0 Å². The van der Waals surface area contributed by atoms with Gasteiger partial charge in [0.1, 0.15) is 11.5 Å². The van der Waals surface area contributed by atoms with E-state index in [1.165, 1.54) is 7.11 Å². The van der Waals surface area contributed by atoms with Crippen molar-refractivity contribution in [2.75, 3.05) is 19.0 Å². The van der Waals surface area contributed by atoms with Gasteiger partial charge in [0.05, 0.1) is 18.7 Å². The van der Waals surface area contributed by atoms with Crippen LogP contribution in [0.1, 0.15) is 12.5 Å². The van der Waals surface area contributed by atoms with Gasteiger partial charge in [-0.15, -0.1) is 0 Å². The number of nitrogens with zero attached hydrogens (tertiary/aromatic N) is 3. The van der Waals surface area contributed by atoms with Gasteiger partial charge in [0, 0.05) is 24.9 Å². The fourth-order valence-corrected chi connectivity index (χ4v) is 1.58. The third-order valence-corrected chi connectivity index (χ3v) is 2.43. The maximum absolute atomic E-state index is 8.97. The van der Waals surface area contributed by atoms with Gasteiger partial charge in [-0.2, -0.15) is 10.2 Å². The Hall–Kier alpha value is -2.81. The Balaban J connectivity index is 2.25. The molecule has 0 amide bonds. The highest BCUT2D eigenvalue weighted by Crippen LogP contribution is 2.26. The molecule has 0 spiro atoms. The number of anilines is 1. The molecule has 0 saturated heterocycles. The highest BCUT2D eigenvalue weighted by Gasteiger charge is 2.05. The summed E-state index contributed by atoms with van der Waals surface area (Å²) in [7, 11) is 1.54. The van der Waals surface area contributed by atoms with E-state index in [1.54, 1.807) is 30.5 Å². The first-order valence-electron chi connectivity index (χ1n) is 6.09. The third-order valence-electron chi connectivity index (χ3n) is 2.43. The second kappa shape index (κ2) is 6.38. The van der Waals surface area contributed by atoms with Gasteiger partial charge < -0.3 is 14.8 Å². The Morgan fingerprint density at radius 3 is 2.80 bits per heavy atom. The topological polar surface area (TPSA) is 80.1 Å². The SMILES string of the molecule is CCNc1nccc(Oc2cc(C#N)cc(OC)c2)n1. The van der Waals surface area contributed by atoms with Crippen LogP contribution in [0, 0.1) is 11.3 Å². The zero-order valence-electron chi connectivity index (χ0n) is 11.3. The number of aromatic nitrogens is 2. The van der Waals surface area contributed by atoms with Crippen molar-refractivity contribution >= 4 is 5.95 Å². The molecule has 0 fully saturated rings. The van der Waals surface area contributed by atoms with Crippen molar-refractivity contribution in [1.82, 2.24) is 9.97 Å². The summed E-state index contributed by atoms with van der Waals surface area (Å²) in [5.74, 6) is 1.93. The first-order chi connectivity index (χ1) is 9.75. The fraction of sp³-hybridized carbons (Fsp3) is 0.214. The number of rotatable bonds is 5. The highest BCUT2D eigenvalue weighted by atomic mass is 16.5. The van der Waals surface area contributed by atoms with E-state index in [0.717, 1.165) is 6.54 Å². The van der Waals surface area contributed by atoms with Crippen LogP contribution in [-0.4, -0.2) is 23.6 Å². The van der Waals surface area contributed by atoms with Gasteiger partial charge in [-0.25, -0.2) is 4.98 Å². The molecule has 0 bridgehead atoms. The average Bonchev–Trinajstić information content (AvgIpc) is 2.47. The van der Waals surface area contributed by atoms with Crippen LogP contribution in [-0.2, 0) is 0 Å². The standard InChI is InChI=1S/C14H14N4O2/c1-3-16-14-17-5-4-13(18-14)20-12-7-10(9-15)6-11(8-12)19-2/h4-8H,3H2,1-2H3,(H,16,17,18). The molecule has 0 aliphatic rings. The molecule has 0 aliphatic carbocycles. The van der Waals surface area contributed by atoms with Crippen LogP contribution in [0.25, 0.3) is 0 Å². The summed E-state index contributed by atoms with van der Waals surface area (Å²) in [5.41, 5.74) is 0.459. The molecule has 2 aromatic rings. The second-order valence-corrected chi connectivity index (χ2v) is 3.86. The lowest BCUT2D eigenvalue weighted by Gasteiger charge is -2.08. The molecule has 1 N–H and O–H groups in total. The van der Waals surface area contributed by atoms with Crippen molar-refractivity contribution in [1.29, 1.82) is 5.26 Å². The maximum atomic E-state index is 8.97. The lowest BCUT2D eigenvalue weighted by Crippen LogP contribution is -2.02. The lowest BCUT2D eigenvalue weighted by molar-refractivity contribution is 0.407. The zero-order valence-corrected chi connectivity index (χ0v) is 11.3. The summed E-state index contributed by atoms with van der Waals surface area (Å²) in [6.45, 7) is 2.68. The molecule has 0 atom stereocenters. The van der Waals surface area contributed by atoms with E-state index >= 15 is 0 Å². The molecule has 1 aromatic carbocycles. The number of benzene rings is 1. The van der Waals surface area contributed by atoms with Crippen LogP contribution in [0.2, 0.25) is 0 Å². The Labute approximate surface area is 117 Å². The molecule has 0 radical (unpaired) electrons. The summed E-state index contributed by atoms with van der Waals surface area (Å²) < 4.78 is 10.7. The van der Waals surface area contributed by atoms with Gasteiger partial charge in [0.2, 0.25) is 11.8 Å². The lowest BCUT2D eigenvalue weighted by atomic mass is 10.2. The molecule has 2 rings (SSSR count). The number of hydrogen-bond acceptors (Lipinski definition) is 6. The molecule has 6 heteroatoms. The normalized spacial score (nSPS) is 9.65. The summed E-state index contributed by atoms with van der Waals surface area (Å²) in [6.07, 6.45) is 1.60. The predicted octanol–water partition coefficient (Wildman–Crippen LogP) is 2.58. The molecule has 0 unspecified atom stereocenters. The molecule has 1 heterocycles. The number of nitriles is 1. The van der Waals surface area contributed by atoms with Crippen molar-refractivity contribution in [2.24, 2.45) is 0 Å². The molecular formula is C14H14N4O2. The average molecular weight is 270 g/mol. The Morgan fingerprint density at radius 1 is 1.30 bits per heavy atom. The van der Waals surface area contributed by atoms with Crippen molar-refractivity contribution in [2.45, 2.75) is 6.92 Å². The van der Waals surface area contributed by atoms with E-state index in [9.17, 15) is 0 Å². The quantitative estimate of drug-likeness (QED) is 0.899. The minimum atomic E-state index is 0.396. The van der Waals surface area contributed by atoms with Gasteiger partial charge >= 0.3 is 0 Å². The van der Waals surface area contributed by atoms with Crippen molar-refractivity contribution in [3.05, 3.63) is 36.0 Å². The van der Waals surface area contributed by atoms with E-state index < -0.39 is 0 Å². The van der Waals surface area contributed by atoms with E-state index in [0.29, 0.717) is 28.9 Å². The summed E-state index contributed by atoms with van der Waals surface area (Å²) in [6, 6.07) is 8.65. The van der Waals surface area contributed by atoms with Crippen LogP contribution in [0.15, 0.2) is 30.5 Å². The molecule has 102 valence electrons. The minimum Gasteiger partial charge on any atom is -0.497 e. The third kappa shape index (κ3) is 3.36. The van der Waals surface area contributed by atoms with E-state index in [-0.39, 0.29) is 0 Å². The summed E-state index contributed by atoms with van der Waals surface area (Å²) >= 11 is 0. The van der Waals surface area contributed by atoms with Crippen LogP contribution < -0.4 is 14.8 Å². The predicted molar refractivity (Wildman–Crippen MR) is 74.0 cm³/mol. The number of nitrogens with one attached hydrogen (secondary N) is 1. The fourth-order valence-electron chi connectivity index (χ4n) is 1.58. The molecule has 0 aliphatic heterocycles. The summed E-state index contributed by atoms with van der Waals surface area (Å²) in [4.78, 5) is 8.26. The van der Waals surface area contributed by atoms with E-state index in [1.807, 2.05) is 6.92 Å². The molecular weight excluding hydrogens is 256 g/mol. The summed E-state index contributed by atoms with van der Waals surface area (Å²) in [5, 5.41) is 12.0. The van der Waals surface area contributed by atoms with Crippen LogP contribution in [0.4, 0.5) is 5.95 Å². The zero-order chi connectivity index (χ0) is 14.4. The highest BCUT2D eigenvalue weighted by molar-refractivity contribution is 5.45. The molecule has 20 heavy (non-hydrogen) atoms. The van der Waals surface area contributed by atoms with Crippen LogP contribution in [0.3, 0.4) is 0 Å². The van der Waals surface area contributed by atoms with Crippen molar-refractivity contribution < 1.29 is 9.47 Å². The van der Waals surface area contributed by atoms with Gasteiger partial charge in [-0.05, 0) is 19.1 Å². The molecule has 1 aromatic heterocycles. The van der Waals surface area contributed by atoms with Gasteiger partial charge in [-0.1, -0.05) is 0 Å². The Kier molecular flexibility index (Phi) is 4.35. The van der Waals surface area contributed by atoms with Gasteiger partial charge in [0.25, 0.3) is 0 Å². The van der Waals surface area contributed by atoms with Crippen LogP contribution >= 0.6 is 0 Å². The Bertz CT molecular complexity index is 637. The van der Waals surface area contributed by atoms with E-state index in [2.05, 4.69) is 21.4 Å². The first kappa shape index (κ1) is 13.6. The number of hydrogen-bond donors (Lipinski definition) is 1. The van der Waals surface area contributed by atoms with Crippen LogP contribution in [0.5, 0.6) is 17.4 Å². The van der Waals surface area contributed by atoms with Crippen molar-refractivity contribution in [3.63, 3.8) is 0 Å². The molecule has 6 nitrogen and oxygen atoms in total.